The molecule has 0 saturated carbocycles. The van der Waals surface area contributed by atoms with E-state index in [4.69, 9.17) is 20.8 Å². The van der Waals surface area contributed by atoms with Gasteiger partial charge in [0.05, 0.1) is 17.9 Å². The standard InChI is InChI=1S/C21H18ClN3O3S2/c1-27-14-8-6-13(7-9-14)10-11-23-17(26)12-29-21-25-24-20(28-21)19-18(22)15-4-2-3-5-16(15)30-19/h2-9H,10-12H2,1H3,(H,23,26). The summed E-state index contributed by atoms with van der Waals surface area (Å²) in [5.74, 6) is 1.29. The molecule has 9 heteroatoms. The smallest absolute Gasteiger partial charge is 0.277 e. The number of aromatic nitrogens is 2. The number of nitrogens with zero attached hydrogens (tertiary/aromatic N) is 2. The molecule has 1 amide bonds. The number of thioether (sulfide) groups is 1. The lowest BCUT2D eigenvalue weighted by Crippen LogP contribution is -2.27. The number of hydrogen-bond donors (Lipinski definition) is 1. The minimum absolute atomic E-state index is 0.0897. The molecule has 4 aromatic rings. The second-order valence-electron chi connectivity index (χ2n) is 6.35. The third kappa shape index (κ3) is 4.77. The highest BCUT2D eigenvalue weighted by molar-refractivity contribution is 7.99. The van der Waals surface area contributed by atoms with E-state index in [1.54, 1.807) is 7.11 Å². The van der Waals surface area contributed by atoms with Crippen molar-refractivity contribution in [3.8, 4) is 16.5 Å². The predicted octanol–water partition coefficient (Wildman–Crippen LogP) is 5.06. The maximum absolute atomic E-state index is 12.1. The van der Waals surface area contributed by atoms with Crippen LogP contribution in [0.25, 0.3) is 20.9 Å². The third-order valence-electron chi connectivity index (χ3n) is 4.36. The van der Waals surface area contributed by atoms with Crippen molar-refractivity contribution in [2.24, 2.45) is 0 Å². The summed E-state index contributed by atoms with van der Waals surface area (Å²) in [7, 11) is 1.64. The Morgan fingerprint density at radius 2 is 2.00 bits per heavy atom. The van der Waals surface area contributed by atoms with Crippen LogP contribution in [0.15, 0.2) is 58.2 Å². The van der Waals surface area contributed by atoms with Crippen LogP contribution >= 0.6 is 34.7 Å². The monoisotopic (exact) mass is 459 g/mol. The van der Waals surface area contributed by atoms with Gasteiger partial charge in [-0.15, -0.1) is 21.5 Å². The van der Waals surface area contributed by atoms with Gasteiger partial charge >= 0.3 is 0 Å². The number of amides is 1. The van der Waals surface area contributed by atoms with Crippen molar-refractivity contribution in [1.82, 2.24) is 15.5 Å². The van der Waals surface area contributed by atoms with E-state index in [9.17, 15) is 4.79 Å². The highest BCUT2D eigenvalue weighted by atomic mass is 35.5. The summed E-state index contributed by atoms with van der Waals surface area (Å²) >= 11 is 9.16. The Balaban J connectivity index is 1.28. The molecule has 2 aromatic heterocycles. The molecule has 2 aromatic carbocycles. The third-order valence-corrected chi connectivity index (χ3v) is 6.84. The first kappa shape index (κ1) is 20.7. The molecule has 30 heavy (non-hydrogen) atoms. The van der Waals surface area contributed by atoms with Crippen molar-refractivity contribution in [1.29, 1.82) is 0 Å². The summed E-state index contributed by atoms with van der Waals surface area (Å²) < 4.78 is 11.9. The van der Waals surface area contributed by atoms with Gasteiger partial charge in [0, 0.05) is 16.6 Å². The number of nitrogens with one attached hydrogen (secondary N) is 1. The number of thiophene rings is 1. The van der Waals surface area contributed by atoms with Gasteiger partial charge in [-0.2, -0.15) is 0 Å². The molecule has 0 fully saturated rings. The molecular formula is C21H18ClN3O3S2. The maximum atomic E-state index is 12.1. The highest BCUT2D eigenvalue weighted by Gasteiger charge is 2.18. The van der Waals surface area contributed by atoms with Crippen molar-refractivity contribution in [2.45, 2.75) is 11.6 Å². The molecule has 154 valence electrons. The summed E-state index contributed by atoms with van der Waals surface area (Å²) in [6.45, 7) is 0.554. The zero-order chi connectivity index (χ0) is 20.9. The summed E-state index contributed by atoms with van der Waals surface area (Å²) in [4.78, 5) is 12.8. The zero-order valence-corrected chi connectivity index (χ0v) is 18.4. The number of methoxy groups -OCH3 is 1. The molecule has 0 atom stereocenters. The van der Waals surface area contributed by atoms with Gasteiger partial charge < -0.3 is 14.5 Å². The van der Waals surface area contributed by atoms with Gasteiger partial charge in [0.1, 0.15) is 10.6 Å². The number of carbonyl (C=O) groups is 1. The number of hydrogen-bond acceptors (Lipinski definition) is 7. The molecule has 0 aliphatic heterocycles. The van der Waals surface area contributed by atoms with Gasteiger partial charge in [-0.05, 0) is 30.2 Å². The topological polar surface area (TPSA) is 77.2 Å². The molecule has 0 aliphatic rings. The summed E-state index contributed by atoms with van der Waals surface area (Å²) in [5.41, 5.74) is 1.13. The quantitative estimate of drug-likeness (QED) is 0.371. The van der Waals surface area contributed by atoms with E-state index in [1.807, 2.05) is 48.5 Å². The Bertz CT molecular complexity index is 1160. The Kier molecular flexibility index (Phi) is 6.56. The van der Waals surface area contributed by atoms with Gasteiger partial charge in [0.2, 0.25) is 5.91 Å². The Hall–Kier alpha value is -2.55. The molecule has 4 rings (SSSR count). The van der Waals surface area contributed by atoms with Crippen molar-refractivity contribution in [3.63, 3.8) is 0 Å². The summed E-state index contributed by atoms with van der Waals surface area (Å²) in [6.07, 6.45) is 0.746. The van der Waals surface area contributed by atoms with Crippen LogP contribution in [0.3, 0.4) is 0 Å². The normalized spacial score (nSPS) is 11.0. The van der Waals surface area contributed by atoms with Gasteiger partial charge in [-0.3, -0.25) is 4.79 Å². The van der Waals surface area contributed by atoms with E-state index in [1.165, 1.54) is 23.1 Å². The summed E-state index contributed by atoms with van der Waals surface area (Å²) in [6, 6.07) is 15.6. The SMILES string of the molecule is COc1ccc(CCNC(=O)CSc2nnc(-c3sc4ccccc4c3Cl)o2)cc1. The van der Waals surface area contributed by atoms with Crippen molar-refractivity contribution in [3.05, 3.63) is 59.1 Å². The molecule has 0 aliphatic carbocycles. The molecule has 0 unspecified atom stereocenters. The molecule has 1 N–H and O–H groups in total. The zero-order valence-electron chi connectivity index (χ0n) is 16.1. The van der Waals surface area contributed by atoms with E-state index in [0.29, 0.717) is 22.7 Å². The van der Waals surface area contributed by atoms with Crippen LogP contribution in [-0.4, -0.2) is 35.5 Å². The molecule has 0 saturated heterocycles. The minimum Gasteiger partial charge on any atom is -0.497 e. The molecule has 0 radical (unpaired) electrons. The van der Waals surface area contributed by atoms with Gasteiger partial charge in [-0.1, -0.05) is 53.7 Å². The van der Waals surface area contributed by atoms with E-state index in [2.05, 4.69) is 15.5 Å². The average Bonchev–Trinajstić information content (AvgIpc) is 3.37. The fraction of sp³-hybridized carbons (Fsp3) is 0.190. The van der Waals surface area contributed by atoms with Crippen LogP contribution in [0.4, 0.5) is 0 Å². The van der Waals surface area contributed by atoms with Crippen LogP contribution in [-0.2, 0) is 11.2 Å². The second-order valence-corrected chi connectivity index (χ2v) is 8.71. The van der Waals surface area contributed by atoms with E-state index in [0.717, 1.165) is 32.7 Å². The number of halogens is 1. The van der Waals surface area contributed by atoms with Crippen LogP contribution in [0.2, 0.25) is 5.02 Å². The lowest BCUT2D eigenvalue weighted by atomic mass is 10.1. The number of carbonyl (C=O) groups excluding carboxylic acids is 1. The fourth-order valence-corrected chi connectivity index (χ4v) is 4.85. The molecular weight excluding hydrogens is 442 g/mol. The second kappa shape index (κ2) is 9.51. The largest absolute Gasteiger partial charge is 0.497 e. The van der Waals surface area contributed by atoms with Gasteiger partial charge in [0.15, 0.2) is 0 Å². The minimum atomic E-state index is -0.0897. The lowest BCUT2D eigenvalue weighted by Gasteiger charge is -2.05. The molecule has 2 heterocycles. The van der Waals surface area contributed by atoms with E-state index < -0.39 is 0 Å². The van der Waals surface area contributed by atoms with Gasteiger partial charge in [-0.25, -0.2) is 0 Å². The lowest BCUT2D eigenvalue weighted by molar-refractivity contribution is -0.118. The van der Waals surface area contributed by atoms with Gasteiger partial charge in [0.25, 0.3) is 11.1 Å². The first-order chi connectivity index (χ1) is 14.6. The van der Waals surface area contributed by atoms with E-state index in [-0.39, 0.29) is 11.7 Å². The Morgan fingerprint density at radius 1 is 1.20 bits per heavy atom. The highest BCUT2D eigenvalue weighted by Crippen LogP contribution is 2.41. The Labute approximate surface area is 186 Å². The molecule has 0 spiro atoms. The number of fused-ring (bicyclic) bond motifs is 1. The summed E-state index contributed by atoms with van der Waals surface area (Å²) in [5, 5.41) is 12.9. The van der Waals surface area contributed by atoms with Crippen molar-refractivity contribution in [2.75, 3.05) is 19.4 Å². The van der Waals surface area contributed by atoms with E-state index >= 15 is 0 Å². The molecule has 0 bridgehead atoms. The van der Waals surface area contributed by atoms with Crippen LogP contribution < -0.4 is 10.1 Å². The van der Waals surface area contributed by atoms with Crippen molar-refractivity contribution >= 4 is 50.7 Å². The predicted molar refractivity (Wildman–Crippen MR) is 121 cm³/mol. The van der Waals surface area contributed by atoms with Crippen LogP contribution in [0.1, 0.15) is 5.56 Å². The number of ether oxygens (including phenoxy) is 1. The first-order valence-corrected chi connectivity index (χ1v) is 11.4. The average molecular weight is 460 g/mol. The van der Waals surface area contributed by atoms with Crippen molar-refractivity contribution < 1.29 is 13.9 Å². The number of rotatable bonds is 8. The first-order valence-electron chi connectivity index (χ1n) is 9.17. The Morgan fingerprint density at radius 3 is 2.77 bits per heavy atom. The number of benzene rings is 2. The maximum Gasteiger partial charge on any atom is 0.277 e. The fourth-order valence-electron chi connectivity index (χ4n) is 2.83. The van der Waals surface area contributed by atoms with Crippen LogP contribution in [0.5, 0.6) is 5.75 Å². The molecule has 6 nitrogen and oxygen atoms in total. The van der Waals surface area contributed by atoms with Crippen LogP contribution in [0, 0.1) is 0 Å².